The predicted molar refractivity (Wildman–Crippen MR) is 74.9 cm³/mol. The number of carbonyl (C=O) groups excluding carboxylic acids is 1. The third-order valence-electron chi connectivity index (χ3n) is 2.43. The Bertz CT molecular complexity index is 427. The summed E-state index contributed by atoms with van der Waals surface area (Å²) in [6.07, 6.45) is 1.90. The van der Waals surface area contributed by atoms with Gasteiger partial charge in [0.1, 0.15) is 5.60 Å². The van der Waals surface area contributed by atoms with E-state index in [-0.39, 0.29) is 6.04 Å². The Morgan fingerprint density at radius 1 is 1.53 bits per heavy atom. The molecule has 1 amide bonds. The Morgan fingerprint density at radius 3 is 2.74 bits per heavy atom. The highest BCUT2D eigenvalue weighted by molar-refractivity contribution is 5.68. The Labute approximate surface area is 114 Å². The van der Waals surface area contributed by atoms with Crippen LogP contribution in [-0.4, -0.2) is 29.3 Å². The maximum absolute atomic E-state index is 11.7. The number of aryl methyl sites for hydroxylation is 1. The van der Waals surface area contributed by atoms with Crippen LogP contribution >= 0.6 is 0 Å². The summed E-state index contributed by atoms with van der Waals surface area (Å²) in [5.41, 5.74) is 7.21. The standard InChI is InChI=1S/C14H23N3O2/c1-10-5-6-16-11(7-10)8-12(9-15)17-13(18)19-14(2,3)4/h5-7,12H,8-9,15H2,1-4H3,(H,17,18). The van der Waals surface area contributed by atoms with E-state index >= 15 is 0 Å². The second-order valence-corrected chi connectivity index (χ2v) is 5.61. The van der Waals surface area contributed by atoms with Gasteiger partial charge in [0, 0.05) is 30.9 Å². The molecule has 0 saturated heterocycles. The van der Waals surface area contributed by atoms with Crippen molar-refractivity contribution in [3.63, 3.8) is 0 Å². The molecule has 0 aromatic carbocycles. The molecule has 5 nitrogen and oxygen atoms in total. The lowest BCUT2D eigenvalue weighted by molar-refractivity contribution is 0.0506. The van der Waals surface area contributed by atoms with Crippen LogP contribution in [0.1, 0.15) is 32.0 Å². The van der Waals surface area contributed by atoms with Gasteiger partial charge in [-0.1, -0.05) is 0 Å². The van der Waals surface area contributed by atoms with Crippen molar-refractivity contribution in [1.82, 2.24) is 10.3 Å². The smallest absolute Gasteiger partial charge is 0.407 e. The number of carbonyl (C=O) groups is 1. The molecule has 0 aliphatic rings. The number of ether oxygens (including phenoxy) is 1. The van der Waals surface area contributed by atoms with E-state index in [1.54, 1.807) is 6.20 Å². The number of amides is 1. The fraction of sp³-hybridized carbons (Fsp3) is 0.571. The van der Waals surface area contributed by atoms with E-state index < -0.39 is 11.7 Å². The normalized spacial score (nSPS) is 12.9. The minimum atomic E-state index is -0.509. The summed E-state index contributed by atoms with van der Waals surface area (Å²) in [5.74, 6) is 0. The maximum Gasteiger partial charge on any atom is 0.407 e. The summed E-state index contributed by atoms with van der Waals surface area (Å²) in [6, 6.07) is 3.74. The van der Waals surface area contributed by atoms with Gasteiger partial charge in [-0.2, -0.15) is 0 Å². The average Bonchev–Trinajstić information content (AvgIpc) is 2.25. The first-order chi connectivity index (χ1) is 8.80. The highest BCUT2D eigenvalue weighted by Gasteiger charge is 2.19. The van der Waals surface area contributed by atoms with Crippen molar-refractivity contribution < 1.29 is 9.53 Å². The highest BCUT2D eigenvalue weighted by Crippen LogP contribution is 2.08. The van der Waals surface area contributed by atoms with Crippen LogP contribution in [0.25, 0.3) is 0 Å². The zero-order valence-electron chi connectivity index (χ0n) is 12.1. The third-order valence-corrected chi connectivity index (χ3v) is 2.43. The molecule has 0 bridgehead atoms. The molecule has 0 fully saturated rings. The van der Waals surface area contributed by atoms with E-state index in [0.717, 1.165) is 11.3 Å². The van der Waals surface area contributed by atoms with E-state index in [1.807, 2.05) is 39.8 Å². The highest BCUT2D eigenvalue weighted by atomic mass is 16.6. The van der Waals surface area contributed by atoms with Crippen molar-refractivity contribution in [2.45, 2.75) is 45.8 Å². The van der Waals surface area contributed by atoms with Gasteiger partial charge in [0.2, 0.25) is 0 Å². The Hall–Kier alpha value is -1.62. The molecule has 1 atom stereocenters. The monoisotopic (exact) mass is 265 g/mol. The van der Waals surface area contributed by atoms with Gasteiger partial charge >= 0.3 is 6.09 Å². The minimum absolute atomic E-state index is 0.177. The van der Waals surface area contributed by atoms with Crippen LogP contribution < -0.4 is 11.1 Å². The molecule has 106 valence electrons. The predicted octanol–water partition coefficient (Wildman–Crippen LogP) is 1.78. The van der Waals surface area contributed by atoms with Crippen LogP contribution in [0.4, 0.5) is 4.79 Å². The number of alkyl carbamates (subject to hydrolysis) is 1. The lowest BCUT2D eigenvalue weighted by Gasteiger charge is -2.22. The Morgan fingerprint density at radius 2 is 2.21 bits per heavy atom. The molecule has 0 radical (unpaired) electrons. The SMILES string of the molecule is Cc1ccnc(CC(CN)NC(=O)OC(C)(C)C)c1. The van der Waals surface area contributed by atoms with Gasteiger partial charge in [-0.15, -0.1) is 0 Å². The molecule has 1 rings (SSSR count). The van der Waals surface area contributed by atoms with Crippen LogP contribution in [0.5, 0.6) is 0 Å². The summed E-state index contributed by atoms with van der Waals surface area (Å²) in [7, 11) is 0. The van der Waals surface area contributed by atoms with Crippen molar-refractivity contribution in [1.29, 1.82) is 0 Å². The summed E-state index contributed by atoms with van der Waals surface area (Å²) < 4.78 is 5.21. The first-order valence-corrected chi connectivity index (χ1v) is 6.41. The largest absolute Gasteiger partial charge is 0.444 e. The van der Waals surface area contributed by atoms with E-state index in [4.69, 9.17) is 10.5 Å². The van der Waals surface area contributed by atoms with Gasteiger partial charge in [0.05, 0.1) is 0 Å². The molecular weight excluding hydrogens is 242 g/mol. The number of aromatic nitrogens is 1. The maximum atomic E-state index is 11.7. The molecule has 0 spiro atoms. The fourth-order valence-electron chi connectivity index (χ4n) is 1.63. The number of nitrogens with one attached hydrogen (secondary N) is 1. The van der Waals surface area contributed by atoms with E-state index in [0.29, 0.717) is 13.0 Å². The van der Waals surface area contributed by atoms with Crippen molar-refractivity contribution in [2.24, 2.45) is 5.73 Å². The van der Waals surface area contributed by atoms with E-state index in [2.05, 4.69) is 10.3 Å². The van der Waals surface area contributed by atoms with Gasteiger partial charge in [-0.3, -0.25) is 4.98 Å². The molecule has 3 N–H and O–H groups in total. The van der Waals surface area contributed by atoms with Crippen LogP contribution in [0.15, 0.2) is 18.3 Å². The molecule has 0 saturated carbocycles. The van der Waals surface area contributed by atoms with Gasteiger partial charge in [-0.25, -0.2) is 4.79 Å². The number of rotatable bonds is 4. The van der Waals surface area contributed by atoms with Crippen molar-refractivity contribution >= 4 is 6.09 Å². The van der Waals surface area contributed by atoms with Crippen LogP contribution in [0, 0.1) is 6.92 Å². The minimum Gasteiger partial charge on any atom is -0.444 e. The van der Waals surface area contributed by atoms with Crippen molar-refractivity contribution in [2.75, 3.05) is 6.54 Å². The molecule has 1 aromatic rings. The van der Waals surface area contributed by atoms with Gasteiger partial charge in [-0.05, 0) is 45.4 Å². The number of hydrogen-bond donors (Lipinski definition) is 2. The summed E-state index contributed by atoms with van der Waals surface area (Å²) in [5, 5.41) is 2.77. The molecule has 5 heteroatoms. The molecule has 1 unspecified atom stereocenters. The third kappa shape index (κ3) is 6.20. The molecule has 19 heavy (non-hydrogen) atoms. The van der Waals surface area contributed by atoms with Crippen molar-refractivity contribution in [3.05, 3.63) is 29.6 Å². The molecule has 1 aromatic heterocycles. The first kappa shape index (κ1) is 15.4. The first-order valence-electron chi connectivity index (χ1n) is 6.41. The lowest BCUT2D eigenvalue weighted by atomic mass is 10.1. The molecule has 0 aliphatic carbocycles. The second-order valence-electron chi connectivity index (χ2n) is 5.61. The topological polar surface area (TPSA) is 77.2 Å². The van der Waals surface area contributed by atoms with Gasteiger partial charge in [0.25, 0.3) is 0 Å². The number of nitrogens with two attached hydrogens (primary N) is 1. The van der Waals surface area contributed by atoms with Crippen LogP contribution in [-0.2, 0) is 11.2 Å². The number of pyridine rings is 1. The summed E-state index contributed by atoms with van der Waals surface area (Å²) in [4.78, 5) is 15.9. The van der Waals surface area contributed by atoms with Crippen LogP contribution in [0.2, 0.25) is 0 Å². The number of nitrogens with zero attached hydrogens (tertiary/aromatic N) is 1. The molecule has 0 aliphatic heterocycles. The summed E-state index contributed by atoms with van der Waals surface area (Å²) in [6.45, 7) is 7.82. The van der Waals surface area contributed by atoms with Crippen molar-refractivity contribution in [3.8, 4) is 0 Å². The van der Waals surface area contributed by atoms with Crippen LogP contribution in [0.3, 0.4) is 0 Å². The quantitative estimate of drug-likeness (QED) is 0.870. The number of hydrogen-bond acceptors (Lipinski definition) is 4. The lowest BCUT2D eigenvalue weighted by Crippen LogP contribution is -2.44. The Kier molecular flexibility index (Phi) is 5.30. The average molecular weight is 265 g/mol. The molecule has 1 heterocycles. The zero-order valence-corrected chi connectivity index (χ0v) is 12.1. The van der Waals surface area contributed by atoms with E-state index in [9.17, 15) is 4.79 Å². The molecular formula is C14H23N3O2. The Balaban J connectivity index is 2.57. The fourth-order valence-corrected chi connectivity index (χ4v) is 1.63. The second kappa shape index (κ2) is 6.52. The summed E-state index contributed by atoms with van der Waals surface area (Å²) >= 11 is 0. The van der Waals surface area contributed by atoms with E-state index in [1.165, 1.54) is 0 Å². The van der Waals surface area contributed by atoms with Gasteiger partial charge < -0.3 is 15.8 Å². The van der Waals surface area contributed by atoms with Gasteiger partial charge in [0.15, 0.2) is 0 Å². The zero-order chi connectivity index (χ0) is 14.5.